The van der Waals surface area contributed by atoms with Crippen LogP contribution in [-0.2, 0) is 9.84 Å². The summed E-state index contributed by atoms with van der Waals surface area (Å²) in [6.07, 6.45) is -0.117. The molecule has 0 radical (unpaired) electrons. The maximum Gasteiger partial charge on any atom is 0.252 e. The van der Waals surface area contributed by atoms with Crippen molar-refractivity contribution in [2.24, 2.45) is 0 Å². The van der Waals surface area contributed by atoms with E-state index in [9.17, 15) is 18.3 Å². The van der Waals surface area contributed by atoms with E-state index in [1.165, 1.54) is 12.1 Å². The smallest absolute Gasteiger partial charge is 0.252 e. The van der Waals surface area contributed by atoms with Crippen LogP contribution in [0.1, 0.15) is 37.6 Å². The second-order valence-corrected chi connectivity index (χ2v) is 7.11. The first-order valence-corrected chi connectivity index (χ1v) is 8.24. The largest absolute Gasteiger partial charge is 0.393 e. The number of benzene rings is 1. The van der Waals surface area contributed by atoms with Crippen molar-refractivity contribution in [1.82, 2.24) is 5.32 Å². The normalized spacial score (nSPS) is 14.6. The molecule has 1 amide bonds. The van der Waals surface area contributed by atoms with Gasteiger partial charge in [0.05, 0.1) is 22.3 Å². The Hall–Kier alpha value is -1.40. The Balaban J connectivity index is 3.00. The topological polar surface area (TPSA) is 83.5 Å². The minimum atomic E-state index is -3.44. The van der Waals surface area contributed by atoms with Gasteiger partial charge in [0.1, 0.15) is 0 Å². The highest BCUT2D eigenvalue weighted by Crippen LogP contribution is 2.17. The molecular formula is C14H21NO4S. The van der Waals surface area contributed by atoms with Crippen molar-refractivity contribution in [3.05, 3.63) is 29.8 Å². The molecule has 112 valence electrons. The standard InChI is InChI=1S/C14H21NO4S/c1-4-20(18,19)13-8-6-5-7-12(13)14(17)15-10(2)9-11(3)16/h5-8,10-11,16H,4,9H2,1-3H3,(H,15,17). The van der Waals surface area contributed by atoms with Crippen LogP contribution in [0.4, 0.5) is 0 Å². The van der Waals surface area contributed by atoms with Crippen LogP contribution >= 0.6 is 0 Å². The minimum absolute atomic E-state index is 0.0456. The van der Waals surface area contributed by atoms with Gasteiger partial charge >= 0.3 is 0 Å². The van der Waals surface area contributed by atoms with Crippen LogP contribution < -0.4 is 5.32 Å². The predicted octanol–water partition coefficient (Wildman–Crippen LogP) is 1.37. The van der Waals surface area contributed by atoms with Crippen LogP contribution in [0.25, 0.3) is 0 Å². The molecule has 0 saturated heterocycles. The average molecular weight is 299 g/mol. The van der Waals surface area contributed by atoms with Crippen LogP contribution in [0.3, 0.4) is 0 Å². The lowest BCUT2D eigenvalue weighted by Crippen LogP contribution is -2.35. The molecule has 20 heavy (non-hydrogen) atoms. The molecule has 0 spiro atoms. The van der Waals surface area contributed by atoms with E-state index in [1.807, 2.05) is 0 Å². The molecule has 0 saturated carbocycles. The van der Waals surface area contributed by atoms with Gasteiger partial charge in [0.25, 0.3) is 5.91 Å². The fourth-order valence-corrected chi connectivity index (χ4v) is 3.05. The molecule has 0 aliphatic heterocycles. The summed E-state index contributed by atoms with van der Waals surface area (Å²) in [4.78, 5) is 12.2. The first kappa shape index (κ1) is 16.7. The van der Waals surface area contributed by atoms with E-state index in [1.54, 1.807) is 32.9 Å². The number of carbonyl (C=O) groups excluding carboxylic acids is 1. The highest BCUT2D eigenvalue weighted by Gasteiger charge is 2.21. The third-order valence-electron chi connectivity index (χ3n) is 2.92. The van der Waals surface area contributed by atoms with Crippen LogP contribution in [0.5, 0.6) is 0 Å². The van der Waals surface area contributed by atoms with Gasteiger partial charge in [0.15, 0.2) is 9.84 Å². The molecule has 1 rings (SSSR count). The van der Waals surface area contributed by atoms with E-state index in [-0.39, 0.29) is 22.3 Å². The van der Waals surface area contributed by atoms with Gasteiger partial charge in [0.2, 0.25) is 0 Å². The lowest BCUT2D eigenvalue weighted by atomic mass is 10.1. The molecule has 0 aliphatic carbocycles. The molecule has 1 aromatic rings. The van der Waals surface area contributed by atoms with Gasteiger partial charge in [-0.05, 0) is 32.4 Å². The summed E-state index contributed by atoms with van der Waals surface area (Å²) in [7, 11) is -3.44. The Labute approximate surface area is 119 Å². The van der Waals surface area contributed by atoms with Crippen molar-refractivity contribution in [3.63, 3.8) is 0 Å². The van der Waals surface area contributed by atoms with Gasteiger partial charge in [-0.3, -0.25) is 4.79 Å². The van der Waals surface area contributed by atoms with Crippen molar-refractivity contribution in [2.45, 2.75) is 44.2 Å². The number of hydrogen-bond donors (Lipinski definition) is 2. The number of rotatable bonds is 6. The maximum atomic E-state index is 12.2. The third-order valence-corrected chi connectivity index (χ3v) is 4.71. The fraction of sp³-hybridized carbons (Fsp3) is 0.500. The molecular weight excluding hydrogens is 278 g/mol. The summed E-state index contributed by atoms with van der Waals surface area (Å²) in [6, 6.07) is 5.92. The Bertz CT molecular complexity index is 566. The van der Waals surface area contributed by atoms with Crippen molar-refractivity contribution < 1.29 is 18.3 Å². The number of aliphatic hydroxyl groups excluding tert-OH is 1. The SMILES string of the molecule is CCS(=O)(=O)c1ccccc1C(=O)NC(C)CC(C)O. The first-order chi connectivity index (χ1) is 9.27. The van der Waals surface area contributed by atoms with Crippen LogP contribution in [0.2, 0.25) is 0 Å². The minimum Gasteiger partial charge on any atom is -0.393 e. The highest BCUT2D eigenvalue weighted by molar-refractivity contribution is 7.91. The Morgan fingerprint density at radius 1 is 1.30 bits per heavy atom. The van der Waals surface area contributed by atoms with E-state index < -0.39 is 21.8 Å². The molecule has 6 heteroatoms. The fourth-order valence-electron chi connectivity index (χ4n) is 1.95. The second kappa shape index (κ2) is 6.85. The summed E-state index contributed by atoms with van der Waals surface area (Å²) in [5.41, 5.74) is 0.145. The zero-order valence-electron chi connectivity index (χ0n) is 12.0. The average Bonchev–Trinajstić information content (AvgIpc) is 2.37. The predicted molar refractivity (Wildman–Crippen MR) is 77.4 cm³/mol. The lowest BCUT2D eigenvalue weighted by Gasteiger charge is -2.16. The van der Waals surface area contributed by atoms with Gasteiger partial charge in [0, 0.05) is 6.04 Å². The number of carbonyl (C=O) groups is 1. The van der Waals surface area contributed by atoms with Gasteiger partial charge < -0.3 is 10.4 Å². The maximum absolute atomic E-state index is 12.2. The quantitative estimate of drug-likeness (QED) is 0.831. The second-order valence-electron chi connectivity index (χ2n) is 4.86. The van der Waals surface area contributed by atoms with Gasteiger partial charge in [-0.2, -0.15) is 0 Å². The summed E-state index contributed by atoms with van der Waals surface area (Å²) < 4.78 is 23.9. The van der Waals surface area contributed by atoms with Crippen LogP contribution in [-0.4, -0.2) is 37.3 Å². The number of aliphatic hydroxyl groups is 1. The molecule has 2 N–H and O–H groups in total. The summed E-state index contributed by atoms with van der Waals surface area (Å²) in [6.45, 7) is 4.94. The molecule has 1 aromatic carbocycles. The van der Waals surface area contributed by atoms with Crippen molar-refractivity contribution in [3.8, 4) is 0 Å². The molecule has 0 heterocycles. The monoisotopic (exact) mass is 299 g/mol. The van der Waals surface area contributed by atoms with Crippen molar-refractivity contribution >= 4 is 15.7 Å². The molecule has 2 atom stereocenters. The lowest BCUT2D eigenvalue weighted by molar-refractivity contribution is 0.0919. The van der Waals surface area contributed by atoms with Gasteiger partial charge in [-0.25, -0.2) is 8.42 Å². The first-order valence-electron chi connectivity index (χ1n) is 6.58. The Morgan fingerprint density at radius 3 is 2.45 bits per heavy atom. The molecule has 0 bridgehead atoms. The van der Waals surface area contributed by atoms with E-state index >= 15 is 0 Å². The van der Waals surface area contributed by atoms with Gasteiger partial charge in [-0.1, -0.05) is 19.1 Å². The third kappa shape index (κ3) is 4.31. The van der Waals surface area contributed by atoms with Crippen LogP contribution in [0, 0.1) is 0 Å². The molecule has 5 nitrogen and oxygen atoms in total. The highest BCUT2D eigenvalue weighted by atomic mass is 32.2. The van der Waals surface area contributed by atoms with Crippen molar-refractivity contribution in [2.75, 3.05) is 5.75 Å². The Morgan fingerprint density at radius 2 is 1.90 bits per heavy atom. The number of amides is 1. The van der Waals surface area contributed by atoms with Crippen molar-refractivity contribution in [1.29, 1.82) is 0 Å². The number of hydrogen-bond acceptors (Lipinski definition) is 4. The molecule has 2 unspecified atom stereocenters. The Kier molecular flexibility index (Phi) is 5.71. The van der Waals surface area contributed by atoms with E-state index in [4.69, 9.17) is 0 Å². The zero-order chi connectivity index (χ0) is 15.3. The summed E-state index contributed by atoms with van der Waals surface area (Å²) >= 11 is 0. The van der Waals surface area contributed by atoms with Gasteiger partial charge in [-0.15, -0.1) is 0 Å². The van der Waals surface area contributed by atoms with E-state index in [2.05, 4.69) is 5.32 Å². The molecule has 0 fully saturated rings. The summed E-state index contributed by atoms with van der Waals surface area (Å²) in [5.74, 6) is -0.494. The number of sulfone groups is 1. The summed E-state index contributed by atoms with van der Waals surface area (Å²) in [5, 5.41) is 12.0. The number of nitrogens with one attached hydrogen (secondary N) is 1. The van der Waals surface area contributed by atoms with Crippen LogP contribution in [0.15, 0.2) is 29.2 Å². The molecule has 0 aromatic heterocycles. The molecule has 0 aliphatic rings. The van der Waals surface area contributed by atoms with E-state index in [0.717, 1.165) is 0 Å². The van der Waals surface area contributed by atoms with E-state index in [0.29, 0.717) is 6.42 Å². The zero-order valence-corrected chi connectivity index (χ0v) is 12.8.